The SMILES string of the molecule is C/C=C\N=C(OC)c1cccc(-c2cnc(C=O)s2)c1. The van der Waals surface area contributed by atoms with Crippen LogP contribution < -0.4 is 0 Å². The Morgan fingerprint density at radius 1 is 1.45 bits per heavy atom. The maximum atomic E-state index is 10.7. The lowest BCUT2D eigenvalue weighted by Crippen LogP contribution is -2.02. The van der Waals surface area contributed by atoms with Crippen LogP contribution in [0.2, 0.25) is 0 Å². The lowest BCUT2D eigenvalue weighted by Gasteiger charge is -2.05. The van der Waals surface area contributed by atoms with Crippen LogP contribution in [-0.4, -0.2) is 24.3 Å². The summed E-state index contributed by atoms with van der Waals surface area (Å²) < 4.78 is 5.29. The van der Waals surface area contributed by atoms with Gasteiger partial charge in [0, 0.05) is 18.0 Å². The molecule has 1 heterocycles. The highest BCUT2D eigenvalue weighted by Gasteiger charge is 2.07. The highest BCUT2D eigenvalue weighted by Crippen LogP contribution is 2.26. The molecule has 1 aromatic heterocycles. The number of aliphatic imine (C=N–C) groups is 1. The summed E-state index contributed by atoms with van der Waals surface area (Å²) >= 11 is 1.36. The number of carbonyl (C=O) groups excluding carboxylic acids is 1. The van der Waals surface area contributed by atoms with E-state index in [2.05, 4.69) is 9.98 Å². The average Bonchev–Trinajstić information content (AvgIpc) is 2.97. The third-order valence-corrected chi connectivity index (χ3v) is 3.52. The fourth-order valence-electron chi connectivity index (χ4n) is 1.67. The van der Waals surface area contributed by atoms with Crippen molar-refractivity contribution in [3.05, 3.63) is 53.3 Å². The molecular formula is C15H14N2O2S. The number of carbonyl (C=O) groups is 1. The van der Waals surface area contributed by atoms with Gasteiger partial charge in [0.1, 0.15) is 0 Å². The second-order valence-electron chi connectivity index (χ2n) is 3.88. The average molecular weight is 286 g/mol. The third kappa shape index (κ3) is 3.19. The maximum Gasteiger partial charge on any atom is 0.220 e. The van der Waals surface area contributed by atoms with Crippen LogP contribution in [-0.2, 0) is 4.74 Å². The zero-order valence-corrected chi connectivity index (χ0v) is 12.1. The summed E-state index contributed by atoms with van der Waals surface area (Å²) in [5, 5.41) is 0.472. The van der Waals surface area contributed by atoms with Crippen molar-refractivity contribution >= 4 is 23.5 Å². The lowest BCUT2D eigenvalue weighted by molar-refractivity contribution is 0.112. The molecule has 1 aromatic carbocycles. The van der Waals surface area contributed by atoms with Crippen molar-refractivity contribution in [1.82, 2.24) is 4.98 Å². The van der Waals surface area contributed by atoms with Crippen LogP contribution >= 0.6 is 11.3 Å². The van der Waals surface area contributed by atoms with Crippen LogP contribution in [0.5, 0.6) is 0 Å². The summed E-state index contributed by atoms with van der Waals surface area (Å²) in [4.78, 5) is 19.9. The molecule has 0 saturated carbocycles. The predicted octanol–water partition coefficient (Wildman–Crippen LogP) is 3.55. The number of thiazole rings is 1. The summed E-state index contributed by atoms with van der Waals surface area (Å²) in [7, 11) is 1.59. The molecule has 0 N–H and O–H groups in total. The monoisotopic (exact) mass is 286 g/mol. The van der Waals surface area contributed by atoms with Crippen molar-refractivity contribution in [2.75, 3.05) is 7.11 Å². The Morgan fingerprint density at radius 3 is 2.95 bits per heavy atom. The van der Waals surface area contributed by atoms with Crippen LogP contribution in [0, 0.1) is 0 Å². The number of aromatic nitrogens is 1. The first kappa shape index (κ1) is 14.1. The topological polar surface area (TPSA) is 51.6 Å². The Kier molecular flexibility index (Phi) is 4.79. The molecule has 2 aromatic rings. The molecule has 0 spiro atoms. The fraction of sp³-hybridized carbons (Fsp3) is 0.133. The van der Waals surface area contributed by atoms with Gasteiger partial charge in [-0.15, -0.1) is 11.3 Å². The first-order valence-corrected chi connectivity index (χ1v) is 6.85. The largest absolute Gasteiger partial charge is 0.481 e. The van der Waals surface area contributed by atoms with Gasteiger partial charge in [0.25, 0.3) is 0 Å². The fourth-order valence-corrected chi connectivity index (χ4v) is 2.40. The van der Waals surface area contributed by atoms with Gasteiger partial charge in [0.2, 0.25) is 5.90 Å². The Bertz CT molecular complexity index is 659. The van der Waals surface area contributed by atoms with Crippen LogP contribution in [0.3, 0.4) is 0 Å². The van der Waals surface area contributed by atoms with E-state index < -0.39 is 0 Å². The minimum absolute atomic E-state index is 0.472. The Hall–Kier alpha value is -2.27. The molecule has 4 nitrogen and oxygen atoms in total. The van der Waals surface area contributed by atoms with Crippen LogP contribution in [0.15, 0.2) is 47.7 Å². The maximum absolute atomic E-state index is 10.7. The number of ether oxygens (including phenoxy) is 1. The Morgan fingerprint density at radius 2 is 2.30 bits per heavy atom. The molecule has 0 bridgehead atoms. The van der Waals surface area contributed by atoms with E-state index >= 15 is 0 Å². The van der Waals surface area contributed by atoms with Gasteiger partial charge in [-0.25, -0.2) is 9.98 Å². The van der Waals surface area contributed by atoms with Gasteiger partial charge in [-0.05, 0) is 24.6 Å². The number of allylic oxidation sites excluding steroid dienone is 1. The molecule has 20 heavy (non-hydrogen) atoms. The zero-order valence-electron chi connectivity index (χ0n) is 11.2. The number of nitrogens with zero attached hydrogens (tertiary/aromatic N) is 2. The summed E-state index contributed by atoms with van der Waals surface area (Å²) in [6.07, 6.45) is 5.97. The molecule has 0 atom stereocenters. The van der Waals surface area contributed by atoms with Crippen molar-refractivity contribution < 1.29 is 9.53 Å². The minimum atomic E-state index is 0.472. The van der Waals surface area contributed by atoms with E-state index in [-0.39, 0.29) is 0 Å². The van der Waals surface area contributed by atoms with Gasteiger partial charge >= 0.3 is 0 Å². The summed E-state index contributed by atoms with van der Waals surface area (Å²) in [6, 6.07) is 7.79. The molecular weight excluding hydrogens is 272 g/mol. The molecule has 0 aliphatic rings. The van der Waals surface area contributed by atoms with Gasteiger partial charge in [0.05, 0.1) is 12.0 Å². The normalized spacial score (nSPS) is 11.8. The number of aldehydes is 1. The van der Waals surface area contributed by atoms with E-state index in [9.17, 15) is 4.79 Å². The minimum Gasteiger partial charge on any atom is -0.481 e. The number of benzene rings is 1. The van der Waals surface area contributed by atoms with Gasteiger partial charge in [-0.1, -0.05) is 18.2 Å². The van der Waals surface area contributed by atoms with E-state index in [1.807, 2.05) is 37.3 Å². The number of hydrogen-bond acceptors (Lipinski definition) is 5. The van der Waals surface area contributed by atoms with E-state index in [0.717, 1.165) is 22.3 Å². The first-order chi connectivity index (χ1) is 9.78. The van der Waals surface area contributed by atoms with Crippen LogP contribution in [0.1, 0.15) is 22.3 Å². The van der Waals surface area contributed by atoms with Crippen LogP contribution in [0.4, 0.5) is 0 Å². The van der Waals surface area contributed by atoms with Crippen molar-refractivity contribution in [3.8, 4) is 10.4 Å². The second kappa shape index (κ2) is 6.77. The molecule has 0 aliphatic carbocycles. The van der Waals surface area contributed by atoms with Gasteiger partial charge < -0.3 is 4.74 Å². The molecule has 0 aliphatic heterocycles. The summed E-state index contributed by atoms with van der Waals surface area (Å²) in [6.45, 7) is 1.89. The molecule has 2 rings (SSSR count). The molecule has 0 radical (unpaired) electrons. The molecule has 102 valence electrons. The zero-order chi connectivity index (χ0) is 14.4. The van der Waals surface area contributed by atoms with Crippen molar-refractivity contribution in [2.45, 2.75) is 6.92 Å². The van der Waals surface area contributed by atoms with Gasteiger partial charge in [-0.3, -0.25) is 4.79 Å². The standard InChI is InChI=1S/C15H14N2O2S/c1-3-7-16-15(19-2)12-6-4-5-11(8-12)13-9-17-14(10-18)20-13/h3-10H,1-2H3/b7-3-,16-15?. The highest BCUT2D eigenvalue weighted by molar-refractivity contribution is 7.16. The summed E-state index contributed by atoms with van der Waals surface area (Å²) in [5.74, 6) is 0.546. The van der Waals surface area contributed by atoms with E-state index in [0.29, 0.717) is 10.9 Å². The van der Waals surface area contributed by atoms with Gasteiger partial charge in [0.15, 0.2) is 11.3 Å². The van der Waals surface area contributed by atoms with Crippen molar-refractivity contribution in [2.24, 2.45) is 4.99 Å². The first-order valence-electron chi connectivity index (χ1n) is 6.03. The van der Waals surface area contributed by atoms with E-state index in [1.165, 1.54) is 11.3 Å². The smallest absolute Gasteiger partial charge is 0.220 e. The Labute approximate surface area is 121 Å². The predicted molar refractivity (Wildman–Crippen MR) is 81.3 cm³/mol. The Balaban J connectivity index is 2.38. The lowest BCUT2D eigenvalue weighted by atomic mass is 10.1. The number of rotatable bonds is 4. The molecule has 0 unspecified atom stereocenters. The molecule has 5 heteroatoms. The van der Waals surface area contributed by atoms with Gasteiger partial charge in [-0.2, -0.15) is 0 Å². The molecule has 0 amide bonds. The quantitative estimate of drug-likeness (QED) is 0.490. The number of hydrogen-bond donors (Lipinski definition) is 0. The second-order valence-corrected chi connectivity index (χ2v) is 4.94. The molecule has 0 fully saturated rings. The highest BCUT2D eigenvalue weighted by atomic mass is 32.1. The molecule has 0 saturated heterocycles. The van der Waals surface area contributed by atoms with Crippen molar-refractivity contribution in [3.63, 3.8) is 0 Å². The van der Waals surface area contributed by atoms with Crippen LogP contribution in [0.25, 0.3) is 10.4 Å². The number of methoxy groups -OCH3 is 1. The van der Waals surface area contributed by atoms with E-state index in [4.69, 9.17) is 4.74 Å². The third-order valence-electron chi connectivity index (χ3n) is 2.55. The van der Waals surface area contributed by atoms with Crippen molar-refractivity contribution in [1.29, 1.82) is 0 Å². The summed E-state index contributed by atoms with van der Waals surface area (Å²) in [5.41, 5.74) is 1.86. The van der Waals surface area contributed by atoms with E-state index in [1.54, 1.807) is 19.5 Å².